The summed E-state index contributed by atoms with van der Waals surface area (Å²) in [6.45, 7) is 5.12. The lowest BCUT2D eigenvalue weighted by molar-refractivity contribution is -0.121. The molecule has 1 heterocycles. The number of nitrogens with zero attached hydrogens (tertiary/aromatic N) is 1. The van der Waals surface area contributed by atoms with Gasteiger partial charge in [-0.15, -0.1) is 0 Å². The van der Waals surface area contributed by atoms with Crippen LogP contribution in [0.2, 0.25) is 10.0 Å². The number of nitrogens with one attached hydrogen (secondary N) is 2. The van der Waals surface area contributed by atoms with Gasteiger partial charge in [0.1, 0.15) is 0 Å². The Morgan fingerprint density at radius 1 is 1.08 bits per heavy atom. The number of sulfonamides is 1. The van der Waals surface area contributed by atoms with Crippen LogP contribution in [-0.2, 0) is 30.8 Å². The van der Waals surface area contributed by atoms with E-state index in [2.05, 4.69) is 14.9 Å². The maximum absolute atomic E-state index is 12.9. The first-order valence-corrected chi connectivity index (χ1v) is 14.1. The third kappa shape index (κ3) is 8.14. The number of fused-ring (bicyclic) bond motifs is 1. The molecular weight excluding hydrogens is 525 g/mol. The third-order valence-electron chi connectivity index (χ3n) is 5.86. The van der Waals surface area contributed by atoms with E-state index in [1.807, 2.05) is 19.2 Å². The van der Waals surface area contributed by atoms with Crippen LogP contribution in [0.3, 0.4) is 0 Å². The Balaban J connectivity index is 1.52. The second-order valence-electron chi connectivity index (χ2n) is 8.60. The van der Waals surface area contributed by atoms with Crippen LogP contribution < -0.4 is 10.0 Å². The Labute approximate surface area is 223 Å². The molecule has 1 aliphatic rings. The molecule has 0 bridgehead atoms. The Hall–Kier alpha value is -1.72. The van der Waals surface area contributed by atoms with Crippen molar-refractivity contribution in [2.75, 3.05) is 53.1 Å². The summed E-state index contributed by atoms with van der Waals surface area (Å²) in [6.07, 6.45) is 0.443. The topological polar surface area (TPSA) is 97.0 Å². The van der Waals surface area contributed by atoms with E-state index in [9.17, 15) is 13.2 Å². The maximum Gasteiger partial charge on any atom is 0.240 e. The zero-order valence-electron chi connectivity index (χ0n) is 20.6. The minimum absolute atomic E-state index is 0.0163. The number of halogens is 2. The first-order valence-electron chi connectivity index (χ1n) is 11.9. The average Bonchev–Trinajstić information content (AvgIpc) is 2.85. The van der Waals surface area contributed by atoms with E-state index in [1.54, 1.807) is 31.2 Å². The van der Waals surface area contributed by atoms with Gasteiger partial charge in [0, 0.05) is 48.6 Å². The van der Waals surface area contributed by atoms with Gasteiger partial charge in [-0.2, -0.15) is 0 Å². The van der Waals surface area contributed by atoms with Crippen LogP contribution in [0, 0.1) is 0 Å². The molecule has 0 saturated heterocycles. The highest BCUT2D eigenvalue weighted by Crippen LogP contribution is 2.38. The lowest BCUT2D eigenvalue weighted by atomic mass is 9.85. The molecule has 0 aromatic heterocycles. The van der Waals surface area contributed by atoms with Gasteiger partial charge in [0.25, 0.3) is 0 Å². The van der Waals surface area contributed by atoms with E-state index in [0.717, 1.165) is 23.2 Å². The van der Waals surface area contributed by atoms with E-state index < -0.39 is 10.0 Å². The number of carbonyl (C=O) groups excluding carboxylic acids is 1. The summed E-state index contributed by atoms with van der Waals surface area (Å²) in [5.41, 5.74) is 2.92. The van der Waals surface area contributed by atoms with Crippen molar-refractivity contribution in [2.24, 2.45) is 0 Å². The molecule has 3 rings (SSSR count). The van der Waals surface area contributed by atoms with Crippen molar-refractivity contribution < 1.29 is 22.7 Å². The van der Waals surface area contributed by atoms with E-state index in [-0.39, 0.29) is 29.9 Å². The van der Waals surface area contributed by atoms with Crippen LogP contribution >= 0.6 is 23.2 Å². The fourth-order valence-corrected chi connectivity index (χ4v) is 5.71. The quantitative estimate of drug-likeness (QED) is 0.366. The smallest absolute Gasteiger partial charge is 0.240 e. The summed E-state index contributed by atoms with van der Waals surface area (Å²) in [4.78, 5) is 13.5. The van der Waals surface area contributed by atoms with Gasteiger partial charge in [-0.1, -0.05) is 42.3 Å². The second-order valence-corrected chi connectivity index (χ2v) is 11.2. The van der Waals surface area contributed by atoms with Crippen LogP contribution in [0.5, 0.6) is 0 Å². The fourth-order valence-electron chi connectivity index (χ4n) is 4.07. The van der Waals surface area contributed by atoms with E-state index in [4.69, 9.17) is 32.7 Å². The largest absolute Gasteiger partial charge is 0.378 e. The van der Waals surface area contributed by atoms with E-state index in [1.165, 1.54) is 0 Å². The molecule has 36 heavy (non-hydrogen) atoms. The number of benzene rings is 2. The van der Waals surface area contributed by atoms with Gasteiger partial charge < -0.3 is 19.7 Å². The second kappa shape index (κ2) is 13.7. The van der Waals surface area contributed by atoms with Crippen molar-refractivity contribution in [3.8, 4) is 0 Å². The predicted octanol–water partition coefficient (Wildman–Crippen LogP) is 3.41. The van der Waals surface area contributed by atoms with Gasteiger partial charge >= 0.3 is 0 Å². The van der Waals surface area contributed by atoms with Crippen LogP contribution in [0.4, 0.5) is 0 Å². The van der Waals surface area contributed by atoms with Gasteiger partial charge in [0.15, 0.2) is 0 Å². The minimum Gasteiger partial charge on any atom is -0.378 e. The monoisotopic (exact) mass is 557 g/mol. The van der Waals surface area contributed by atoms with E-state index >= 15 is 0 Å². The summed E-state index contributed by atoms with van der Waals surface area (Å²) < 4.78 is 39.2. The number of hydrogen-bond donors (Lipinski definition) is 2. The normalized spacial score (nSPS) is 16.1. The van der Waals surface area contributed by atoms with Gasteiger partial charge in [-0.3, -0.25) is 4.79 Å². The predicted molar refractivity (Wildman–Crippen MR) is 141 cm³/mol. The lowest BCUT2D eigenvalue weighted by Crippen LogP contribution is -2.31. The number of ether oxygens (including phenoxy) is 2. The van der Waals surface area contributed by atoms with Gasteiger partial charge in [0.05, 0.1) is 31.3 Å². The minimum atomic E-state index is -3.71. The number of likely N-dealkylation sites (N-methyl/N-ethyl adjacent to an activating group) is 1. The molecule has 2 N–H and O–H groups in total. The van der Waals surface area contributed by atoms with Crippen LogP contribution in [0.15, 0.2) is 41.3 Å². The maximum atomic E-state index is 12.9. The molecule has 11 heteroatoms. The molecule has 8 nitrogen and oxygen atoms in total. The summed E-state index contributed by atoms with van der Waals surface area (Å²) >= 11 is 12.7. The summed E-state index contributed by atoms with van der Waals surface area (Å²) in [7, 11) is -1.70. The molecule has 1 aliphatic heterocycles. The molecule has 0 radical (unpaired) electrons. The Morgan fingerprint density at radius 2 is 1.81 bits per heavy atom. The van der Waals surface area contributed by atoms with Crippen molar-refractivity contribution >= 4 is 39.1 Å². The molecule has 0 saturated carbocycles. The van der Waals surface area contributed by atoms with Crippen LogP contribution in [0.1, 0.15) is 36.0 Å². The Bertz CT molecular complexity index is 1150. The zero-order chi connectivity index (χ0) is 26.1. The molecule has 2 aromatic carbocycles. The molecule has 0 unspecified atom stereocenters. The SMILES string of the molecule is CCC(=O)NCCOCCOCCNS(=O)(=O)c1cccc([C@@H]2CN(C)Cc3c(Cl)cc(Cl)cc32)c1. The highest BCUT2D eigenvalue weighted by molar-refractivity contribution is 7.89. The lowest BCUT2D eigenvalue weighted by Gasteiger charge is -2.33. The first kappa shape index (κ1) is 28.8. The molecule has 1 amide bonds. The standard InChI is InChI=1S/C25H33Cl2N3O5S/c1-3-25(31)28-7-9-34-11-12-35-10-8-29-36(32,33)20-6-4-5-18(13-20)22-16-30(2)17-23-21(22)14-19(26)15-24(23)27/h4-6,13-15,22,29H,3,7-12,16-17H2,1-2H3,(H,28,31)/t22-/m0/s1. The van der Waals surface area contributed by atoms with Gasteiger partial charge in [0.2, 0.25) is 15.9 Å². The fraction of sp³-hybridized carbons (Fsp3) is 0.480. The molecule has 198 valence electrons. The summed E-state index contributed by atoms with van der Waals surface area (Å²) in [5.74, 6) is -0.0684. The number of hydrogen-bond acceptors (Lipinski definition) is 6. The molecule has 0 fully saturated rings. The van der Waals surface area contributed by atoms with Crippen molar-refractivity contribution in [2.45, 2.75) is 30.7 Å². The van der Waals surface area contributed by atoms with Crippen LogP contribution in [0.25, 0.3) is 0 Å². The molecule has 2 aromatic rings. The van der Waals surface area contributed by atoms with Crippen molar-refractivity contribution in [1.82, 2.24) is 14.9 Å². The number of rotatable bonds is 13. The van der Waals surface area contributed by atoms with Crippen molar-refractivity contribution in [3.05, 3.63) is 63.1 Å². The molecule has 1 atom stereocenters. The number of carbonyl (C=O) groups is 1. The van der Waals surface area contributed by atoms with Gasteiger partial charge in [-0.25, -0.2) is 13.1 Å². The summed E-state index contributed by atoms with van der Waals surface area (Å²) in [6, 6.07) is 10.6. The first-order chi connectivity index (χ1) is 17.2. The average molecular weight is 559 g/mol. The number of amides is 1. The van der Waals surface area contributed by atoms with Crippen LogP contribution in [-0.4, -0.2) is 72.3 Å². The summed E-state index contributed by atoms with van der Waals surface area (Å²) in [5, 5.41) is 3.90. The van der Waals surface area contributed by atoms with Gasteiger partial charge in [-0.05, 0) is 48.0 Å². The highest BCUT2D eigenvalue weighted by atomic mass is 35.5. The Morgan fingerprint density at radius 3 is 2.53 bits per heavy atom. The van der Waals surface area contributed by atoms with E-state index in [0.29, 0.717) is 49.4 Å². The highest BCUT2D eigenvalue weighted by Gasteiger charge is 2.28. The molecule has 0 spiro atoms. The molecular formula is C25H33Cl2N3O5S. The molecule has 0 aliphatic carbocycles. The zero-order valence-corrected chi connectivity index (χ0v) is 22.9. The van der Waals surface area contributed by atoms with Crippen molar-refractivity contribution in [1.29, 1.82) is 0 Å². The third-order valence-corrected chi connectivity index (χ3v) is 7.88. The van der Waals surface area contributed by atoms with Crippen molar-refractivity contribution in [3.63, 3.8) is 0 Å². The Kier molecular flexibility index (Phi) is 11.0.